The molecule has 0 atom stereocenters. The summed E-state index contributed by atoms with van der Waals surface area (Å²) in [7, 11) is 2.12. The molecule has 0 bridgehead atoms. The lowest BCUT2D eigenvalue weighted by Crippen LogP contribution is -2.37. The van der Waals surface area contributed by atoms with Crippen LogP contribution in [0.1, 0.15) is 21.7 Å². The summed E-state index contributed by atoms with van der Waals surface area (Å²) in [4.78, 5) is 2.26. The van der Waals surface area contributed by atoms with Gasteiger partial charge in [0, 0.05) is 21.6 Å². The first-order chi connectivity index (χ1) is 5.63. The summed E-state index contributed by atoms with van der Waals surface area (Å²) in [5, 5.41) is 3.39. The van der Waals surface area contributed by atoms with Crippen molar-refractivity contribution in [1.29, 1.82) is 0 Å². The largest absolute Gasteiger partial charge is 0.371 e. The van der Waals surface area contributed by atoms with Gasteiger partial charge in [-0.25, -0.2) is 0 Å². The lowest BCUT2D eigenvalue weighted by atomic mass is 10.1. The molecule has 0 radical (unpaired) electrons. The highest BCUT2D eigenvalue weighted by atomic mass is 15.2. The molecule has 0 spiro atoms. The van der Waals surface area contributed by atoms with Crippen LogP contribution in [0.3, 0.4) is 0 Å². The Morgan fingerprint density at radius 2 is 2.25 bits per heavy atom. The van der Waals surface area contributed by atoms with E-state index < -0.39 is 0 Å². The first-order valence-electron chi connectivity index (χ1n) is 4.44. The summed E-state index contributed by atoms with van der Waals surface area (Å²) < 4.78 is 0. The SMILES string of the molecule is C=C(C)/C(C)=C1/NCCCN1C.[HH]. The van der Waals surface area contributed by atoms with E-state index in [0.717, 1.165) is 18.7 Å². The summed E-state index contributed by atoms with van der Waals surface area (Å²) in [6.45, 7) is 10.3. The van der Waals surface area contributed by atoms with Gasteiger partial charge in [0.2, 0.25) is 0 Å². The van der Waals surface area contributed by atoms with E-state index in [1.54, 1.807) is 0 Å². The fourth-order valence-electron chi connectivity index (χ4n) is 1.39. The molecule has 1 aliphatic rings. The lowest BCUT2D eigenvalue weighted by molar-refractivity contribution is 0.330. The molecule has 1 fully saturated rings. The molecule has 0 aromatic heterocycles. The molecular formula is C10H20N2. The molecule has 0 aromatic carbocycles. The van der Waals surface area contributed by atoms with Crippen molar-refractivity contribution in [3.05, 3.63) is 23.5 Å². The smallest absolute Gasteiger partial charge is 0.104 e. The van der Waals surface area contributed by atoms with Crippen molar-refractivity contribution in [3.8, 4) is 0 Å². The van der Waals surface area contributed by atoms with Gasteiger partial charge in [0.15, 0.2) is 0 Å². The minimum atomic E-state index is 0. The highest BCUT2D eigenvalue weighted by Gasteiger charge is 2.12. The van der Waals surface area contributed by atoms with Crippen molar-refractivity contribution >= 4 is 0 Å². The quantitative estimate of drug-likeness (QED) is 0.644. The van der Waals surface area contributed by atoms with Crippen molar-refractivity contribution in [3.63, 3.8) is 0 Å². The topological polar surface area (TPSA) is 15.3 Å². The highest BCUT2D eigenvalue weighted by Crippen LogP contribution is 2.15. The second kappa shape index (κ2) is 3.65. The van der Waals surface area contributed by atoms with Crippen molar-refractivity contribution in [1.82, 2.24) is 10.2 Å². The van der Waals surface area contributed by atoms with E-state index >= 15 is 0 Å². The maximum absolute atomic E-state index is 3.94. The van der Waals surface area contributed by atoms with Crippen LogP contribution >= 0.6 is 0 Å². The molecule has 0 saturated carbocycles. The van der Waals surface area contributed by atoms with Gasteiger partial charge in [-0.2, -0.15) is 0 Å². The van der Waals surface area contributed by atoms with Crippen LogP contribution in [0.15, 0.2) is 23.5 Å². The summed E-state index contributed by atoms with van der Waals surface area (Å²) in [5.74, 6) is 1.24. The maximum Gasteiger partial charge on any atom is 0.104 e. The molecule has 0 unspecified atom stereocenters. The zero-order valence-corrected chi connectivity index (χ0v) is 8.28. The average molecular weight is 168 g/mol. The Labute approximate surface area is 76.4 Å². The zero-order valence-electron chi connectivity index (χ0n) is 8.28. The van der Waals surface area contributed by atoms with Crippen LogP contribution < -0.4 is 5.32 Å². The van der Waals surface area contributed by atoms with Crippen LogP contribution in [-0.2, 0) is 0 Å². The Hall–Kier alpha value is -0.920. The van der Waals surface area contributed by atoms with Crippen LogP contribution in [0.4, 0.5) is 0 Å². The molecule has 2 nitrogen and oxygen atoms in total. The van der Waals surface area contributed by atoms with E-state index in [-0.39, 0.29) is 1.43 Å². The Balaban J connectivity index is 0.00000144. The van der Waals surface area contributed by atoms with E-state index in [9.17, 15) is 0 Å². The first kappa shape index (κ1) is 9.17. The molecule has 0 amide bonds. The van der Waals surface area contributed by atoms with E-state index in [4.69, 9.17) is 0 Å². The lowest BCUT2D eigenvalue weighted by Gasteiger charge is -2.30. The van der Waals surface area contributed by atoms with Crippen molar-refractivity contribution < 1.29 is 1.43 Å². The minimum Gasteiger partial charge on any atom is -0.371 e. The average Bonchev–Trinajstić information content (AvgIpc) is 2.04. The number of allylic oxidation sites excluding steroid dienone is 2. The third-order valence-electron chi connectivity index (χ3n) is 2.34. The number of hydrogen-bond acceptors (Lipinski definition) is 2. The van der Waals surface area contributed by atoms with Crippen LogP contribution in [0, 0.1) is 0 Å². The van der Waals surface area contributed by atoms with E-state index in [0.29, 0.717) is 0 Å². The van der Waals surface area contributed by atoms with Gasteiger partial charge < -0.3 is 10.2 Å². The predicted molar refractivity (Wildman–Crippen MR) is 54.9 cm³/mol. The predicted octanol–water partition coefficient (Wildman–Crippen LogP) is 1.97. The van der Waals surface area contributed by atoms with E-state index in [1.165, 1.54) is 17.8 Å². The Kier molecular flexibility index (Phi) is 2.79. The van der Waals surface area contributed by atoms with Gasteiger partial charge in [0.25, 0.3) is 0 Å². The maximum atomic E-state index is 3.94. The molecule has 70 valence electrons. The van der Waals surface area contributed by atoms with Crippen molar-refractivity contribution in [2.45, 2.75) is 20.3 Å². The number of nitrogens with one attached hydrogen (secondary N) is 1. The number of nitrogens with zero attached hydrogens (tertiary/aromatic N) is 1. The standard InChI is InChI=1S/C10H18N2.H2/c1-8(2)9(3)10-11-6-5-7-12(10)4;/h11H,1,5-7H2,2-4H3;1H/b10-9-;. The minimum absolute atomic E-state index is 0. The fraction of sp³-hybridized carbons (Fsp3) is 0.600. The normalized spacial score (nSPS) is 21.8. The van der Waals surface area contributed by atoms with Crippen LogP contribution in [0.2, 0.25) is 0 Å². The summed E-state index contributed by atoms with van der Waals surface area (Å²) in [5.41, 5.74) is 2.42. The van der Waals surface area contributed by atoms with Crippen LogP contribution in [-0.4, -0.2) is 25.0 Å². The third-order valence-corrected chi connectivity index (χ3v) is 2.34. The van der Waals surface area contributed by atoms with Gasteiger partial charge in [-0.15, -0.1) is 0 Å². The summed E-state index contributed by atoms with van der Waals surface area (Å²) in [6, 6.07) is 0. The third kappa shape index (κ3) is 1.81. The van der Waals surface area contributed by atoms with Gasteiger partial charge in [-0.3, -0.25) is 0 Å². The molecule has 12 heavy (non-hydrogen) atoms. The molecular weight excluding hydrogens is 148 g/mol. The van der Waals surface area contributed by atoms with Gasteiger partial charge in [-0.05, 0) is 25.8 Å². The zero-order chi connectivity index (χ0) is 9.14. The monoisotopic (exact) mass is 168 g/mol. The van der Waals surface area contributed by atoms with Gasteiger partial charge in [0.1, 0.15) is 5.82 Å². The van der Waals surface area contributed by atoms with Crippen LogP contribution in [0.25, 0.3) is 0 Å². The molecule has 1 heterocycles. The van der Waals surface area contributed by atoms with Gasteiger partial charge in [0.05, 0.1) is 0 Å². The molecule has 1 N–H and O–H groups in total. The Bertz CT molecular complexity index is 221. The molecule has 0 aromatic rings. The second-order valence-corrected chi connectivity index (χ2v) is 3.46. The Morgan fingerprint density at radius 3 is 2.75 bits per heavy atom. The fourth-order valence-corrected chi connectivity index (χ4v) is 1.39. The van der Waals surface area contributed by atoms with Crippen molar-refractivity contribution in [2.75, 3.05) is 20.1 Å². The van der Waals surface area contributed by atoms with Crippen molar-refractivity contribution in [2.24, 2.45) is 0 Å². The molecule has 1 saturated heterocycles. The van der Waals surface area contributed by atoms with Gasteiger partial charge >= 0.3 is 0 Å². The van der Waals surface area contributed by atoms with Gasteiger partial charge in [-0.1, -0.05) is 12.2 Å². The summed E-state index contributed by atoms with van der Waals surface area (Å²) in [6.07, 6.45) is 1.23. The summed E-state index contributed by atoms with van der Waals surface area (Å²) >= 11 is 0. The molecule has 2 heteroatoms. The molecule has 1 aliphatic heterocycles. The molecule has 0 aliphatic carbocycles. The highest BCUT2D eigenvalue weighted by molar-refractivity contribution is 5.28. The Morgan fingerprint density at radius 1 is 1.58 bits per heavy atom. The first-order valence-corrected chi connectivity index (χ1v) is 4.44. The van der Waals surface area contributed by atoms with Crippen LogP contribution in [0.5, 0.6) is 0 Å². The van der Waals surface area contributed by atoms with E-state index in [1.807, 2.05) is 6.92 Å². The second-order valence-electron chi connectivity index (χ2n) is 3.46. The van der Waals surface area contributed by atoms with E-state index in [2.05, 4.69) is 30.8 Å². The number of hydrogen-bond donors (Lipinski definition) is 1. The molecule has 1 rings (SSSR count). The number of rotatable bonds is 1.